The predicted octanol–water partition coefficient (Wildman–Crippen LogP) is 2.45. The molecule has 136 valence electrons. The number of hydrogen-bond donors (Lipinski definition) is 0. The predicted molar refractivity (Wildman–Crippen MR) is 94.7 cm³/mol. The molecule has 2 aromatic rings. The van der Waals surface area contributed by atoms with Crippen LogP contribution in [0.15, 0.2) is 48.5 Å². The summed E-state index contributed by atoms with van der Waals surface area (Å²) in [6.45, 7) is 2.33. The molecule has 2 aromatic carbocycles. The third kappa shape index (κ3) is 3.25. The van der Waals surface area contributed by atoms with Crippen molar-refractivity contribution in [1.29, 1.82) is 0 Å². The monoisotopic (exact) mass is 376 g/mol. The highest BCUT2D eigenvalue weighted by Gasteiger charge is 2.45. The molecule has 1 saturated heterocycles. The van der Waals surface area contributed by atoms with E-state index in [0.29, 0.717) is 23.6 Å². The van der Waals surface area contributed by atoms with E-state index in [9.17, 15) is 23.3 Å². The molecule has 1 atom stereocenters. The number of nitrogens with zero attached hydrogens (tertiary/aromatic N) is 2. The summed E-state index contributed by atoms with van der Waals surface area (Å²) in [5, 5.41) is 9.58. The Morgan fingerprint density at radius 1 is 1.15 bits per heavy atom. The zero-order chi connectivity index (χ0) is 18.9. The molecule has 3 rings (SSSR count). The summed E-state index contributed by atoms with van der Waals surface area (Å²) in [6, 6.07) is 11.7. The maximum atomic E-state index is 12.5. The number of carbonyl (C=O) groups is 1. The molecule has 1 unspecified atom stereocenters. The van der Waals surface area contributed by atoms with Crippen LogP contribution in [-0.2, 0) is 14.6 Å². The van der Waals surface area contributed by atoms with Gasteiger partial charge in [0.2, 0.25) is 5.91 Å². The van der Waals surface area contributed by atoms with E-state index >= 15 is 0 Å². The molecule has 0 radical (unpaired) electrons. The van der Waals surface area contributed by atoms with Gasteiger partial charge in [-0.3, -0.25) is 19.8 Å². The van der Waals surface area contributed by atoms with Crippen LogP contribution in [0.4, 0.5) is 11.4 Å². The van der Waals surface area contributed by atoms with Gasteiger partial charge in [-0.15, -0.1) is 0 Å². The topological polar surface area (TPSA) is 107 Å². The van der Waals surface area contributed by atoms with Crippen molar-refractivity contribution in [2.45, 2.75) is 12.3 Å². The number of carbonyl (C=O) groups excluding carboxylic acids is 1. The van der Waals surface area contributed by atoms with Gasteiger partial charge in [0.1, 0.15) is 11.5 Å². The lowest BCUT2D eigenvalue weighted by molar-refractivity contribution is -0.384. The quantitative estimate of drug-likeness (QED) is 0.586. The van der Waals surface area contributed by atoms with Gasteiger partial charge in [0.25, 0.3) is 5.69 Å². The van der Waals surface area contributed by atoms with Crippen molar-refractivity contribution in [3.05, 3.63) is 64.2 Å². The maximum Gasteiger partial charge on any atom is 0.269 e. The molecular formula is C17H16N2O6S. The standard InChI is InChI=1S/C17H16N2O6S/c1-2-25-15-9-7-13(8-10-15)18-16(20)11-26(23,24)17(18)12-3-5-14(6-4-12)19(21)22/h3-10,17H,2,11H2,1H3. The Hall–Kier alpha value is -2.94. The zero-order valence-electron chi connectivity index (χ0n) is 13.9. The largest absolute Gasteiger partial charge is 0.494 e. The summed E-state index contributed by atoms with van der Waals surface area (Å²) in [7, 11) is -3.76. The summed E-state index contributed by atoms with van der Waals surface area (Å²) >= 11 is 0. The number of nitro groups is 1. The molecule has 1 aliphatic heterocycles. The molecule has 9 heteroatoms. The van der Waals surface area contributed by atoms with Crippen molar-refractivity contribution in [2.75, 3.05) is 17.3 Å². The first-order valence-corrected chi connectivity index (χ1v) is 9.56. The number of nitro benzene ring substituents is 1. The minimum absolute atomic E-state index is 0.150. The van der Waals surface area contributed by atoms with Gasteiger partial charge in [-0.1, -0.05) is 0 Å². The van der Waals surface area contributed by atoms with E-state index in [0.717, 1.165) is 0 Å². The van der Waals surface area contributed by atoms with E-state index in [4.69, 9.17) is 4.74 Å². The summed E-state index contributed by atoms with van der Waals surface area (Å²) in [4.78, 5) is 23.8. The van der Waals surface area contributed by atoms with Gasteiger partial charge in [-0.2, -0.15) is 0 Å². The van der Waals surface area contributed by atoms with E-state index in [2.05, 4.69) is 0 Å². The normalized spacial score (nSPS) is 18.7. The number of hydrogen-bond acceptors (Lipinski definition) is 6. The highest BCUT2D eigenvalue weighted by molar-refractivity contribution is 7.93. The van der Waals surface area contributed by atoms with E-state index < -0.39 is 31.8 Å². The van der Waals surface area contributed by atoms with Crippen molar-refractivity contribution in [2.24, 2.45) is 0 Å². The maximum absolute atomic E-state index is 12.5. The van der Waals surface area contributed by atoms with E-state index in [1.165, 1.54) is 29.2 Å². The number of non-ortho nitro benzene ring substituents is 1. The van der Waals surface area contributed by atoms with Crippen molar-refractivity contribution in [3.8, 4) is 5.75 Å². The summed E-state index contributed by atoms with van der Waals surface area (Å²) in [6.07, 6.45) is 0. The van der Waals surface area contributed by atoms with Gasteiger partial charge >= 0.3 is 0 Å². The fourth-order valence-electron chi connectivity index (χ4n) is 2.88. The molecule has 0 aromatic heterocycles. The number of ether oxygens (including phenoxy) is 1. The minimum Gasteiger partial charge on any atom is -0.494 e. The molecule has 8 nitrogen and oxygen atoms in total. The van der Waals surface area contributed by atoms with Crippen LogP contribution in [0.3, 0.4) is 0 Å². The molecule has 1 fully saturated rings. The average molecular weight is 376 g/mol. The molecule has 0 saturated carbocycles. The van der Waals surface area contributed by atoms with Crippen LogP contribution >= 0.6 is 0 Å². The third-order valence-corrected chi connectivity index (χ3v) is 5.80. The fourth-order valence-corrected chi connectivity index (χ4v) is 4.65. The van der Waals surface area contributed by atoms with E-state index in [-0.39, 0.29) is 5.69 Å². The van der Waals surface area contributed by atoms with Gasteiger partial charge < -0.3 is 4.74 Å². The molecule has 1 heterocycles. The van der Waals surface area contributed by atoms with Crippen molar-refractivity contribution >= 4 is 27.1 Å². The van der Waals surface area contributed by atoms with Gasteiger partial charge in [-0.05, 0) is 48.9 Å². The van der Waals surface area contributed by atoms with Crippen LogP contribution in [0, 0.1) is 10.1 Å². The lowest BCUT2D eigenvalue weighted by Crippen LogP contribution is -2.29. The number of benzene rings is 2. The fraction of sp³-hybridized carbons (Fsp3) is 0.235. The van der Waals surface area contributed by atoms with Crippen LogP contribution < -0.4 is 9.64 Å². The minimum atomic E-state index is -3.76. The summed E-state index contributed by atoms with van der Waals surface area (Å²) < 4.78 is 30.4. The summed E-state index contributed by atoms with van der Waals surface area (Å²) in [5.41, 5.74) is 0.571. The number of sulfone groups is 1. The molecule has 1 aliphatic rings. The highest BCUT2D eigenvalue weighted by atomic mass is 32.2. The zero-order valence-corrected chi connectivity index (χ0v) is 14.7. The van der Waals surface area contributed by atoms with Crippen LogP contribution in [-0.4, -0.2) is 31.6 Å². The second kappa shape index (κ2) is 6.75. The van der Waals surface area contributed by atoms with Gasteiger partial charge in [0, 0.05) is 17.8 Å². The number of rotatable bonds is 5. The third-order valence-electron chi connectivity index (χ3n) is 3.98. The van der Waals surface area contributed by atoms with Crippen molar-refractivity contribution < 1.29 is 22.9 Å². The highest BCUT2D eigenvalue weighted by Crippen LogP contribution is 2.38. The van der Waals surface area contributed by atoms with Crippen molar-refractivity contribution in [3.63, 3.8) is 0 Å². The number of amides is 1. The Morgan fingerprint density at radius 2 is 1.77 bits per heavy atom. The Kier molecular flexibility index (Phi) is 4.64. The molecule has 0 bridgehead atoms. The van der Waals surface area contributed by atoms with Crippen LogP contribution in [0.2, 0.25) is 0 Å². The Labute approximate surface area is 150 Å². The molecule has 0 N–H and O–H groups in total. The van der Waals surface area contributed by atoms with Gasteiger partial charge in [0.05, 0.1) is 11.5 Å². The van der Waals surface area contributed by atoms with Gasteiger partial charge in [-0.25, -0.2) is 8.42 Å². The second-order valence-corrected chi connectivity index (χ2v) is 7.76. The van der Waals surface area contributed by atoms with Crippen molar-refractivity contribution in [1.82, 2.24) is 0 Å². The van der Waals surface area contributed by atoms with Crippen LogP contribution in [0.25, 0.3) is 0 Å². The first-order chi connectivity index (χ1) is 12.3. The Bertz CT molecular complexity index is 938. The Balaban J connectivity index is 2.01. The van der Waals surface area contributed by atoms with Gasteiger partial charge in [0.15, 0.2) is 15.2 Å². The first kappa shape index (κ1) is 17.9. The first-order valence-electron chi connectivity index (χ1n) is 7.84. The Morgan fingerprint density at radius 3 is 2.31 bits per heavy atom. The average Bonchev–Trinajstić information content (AvgIpc) is 2.84. The van der Waals surface area contributed by atoms with Crippen LogP contribution in [0.5, 0.6) is 5.75 Å². The lowest BCUT2D eigenvalue weighted by Gasteiger charge is -2.24. The molecule has 0 aliphatic carbocycles. The molecular weight excluding hydrogens is 360 g/mol. The SMILES string of the molecule is CCOc1ccc(N2C(=O)CS(=O)(=O)C2c2ccc([N+](=O)[O-])cc2)cc1. The smallest absolute Gasteiger partial charge is 0.269 e. The van der Waals surface area contributed by atoms with E-state index in [1.807, 2.05) is 6.92 Å². The summed E-state index contributed by atoms with van der Waals surface area (Å²) in [5.74, 6) is -0.544. The van der Waals surface area contributed by atoms with Crippen LogP contribution in [0.1, 0.15) is 17.9 Å². The molecule has 1 amide bonds. The molecule has 0 spiro atoms. The number of anilines is 1. The molecule has 26 heavy (non-hydrogen) atoms. The second-order valence-electron chi connectivity index (χ2n) is 5.70. The lowest BCUT2D eigenvalue weighted by atomic mass is 10.1. The van der Waals surface area contributed by atoms with E-state index in [1.54, 1.807) is 24.3 Å².